The molecule has 598 valence electrons. The normalized spacial score (nSPS) is 16.8. The Kier molecular flexibility index (Phi) is 13.8. The molecule has 28 rings (SSSR count). The molecule has 0 spiro atoms. The van der Waals surface area contributed by atoms with Gasteiger partial charge in [0.15, 0.2) is 0 Å². The van der Waals surface area contributed by atoms with Gasteiger partial charge in [-0.05, 0) is 216 Å². The number of hydrogen-bond acceptors (Lipinski definition) is 4. The van der Waals surface area contributed by atoms with Crippen LogP contribution < -0.4 is 41.5 Å². The van der Waals surface area contributed by atoms with Crippen LogP contribution in [-0.4, -0.2) is 32.3 Å². The molecule has 126 heavy (non-hydrogen) atoms. The molecule has 8 heterocycles. The summed E-state index contributed by atoms with van der Waals surface area (Å²) in [4.78, 5) is 0. The molecule has 0 amide bonds. The largest absolute Gasteiger partial charge is 0.455 e. The highest BCUT2D eigenvalue weighted by molar-refractivity contribution is 7.13. The van der Waals surface area contributed by atoms with Gasteiger partial charge in [0.05, 0.1) is 0 Å². The molecular formula is C118H86O4Si4. The van der Waals surface area contributed by atoms with Gasteiger partial charge in [0.1, 0.15) is 77.0 Å². The van der Waals surface area contributed by atoms with Crippen molar-refractivity contribution in [2.45, 2.75) is 90.4 Å². The smallest absolute Gasteiger partial charge is 0.143 e. The molecule has 6 aliphatic rings. The monoisotopic (exact) mass is 1680 g/mol. The van der Waals surface area contributed by atoms with Crippen molar-refractivity contribution in [3.8, 4) is 111 Å². The average Bonchev–Trinajstić information content (AvgIpc) is 1.50. The van der Waals surface area contributed by atoms with Crippen molar-refractivity contribution in [3.05, 3.63) is 337 Å². The van der Waals surface area contributed by atoms with Gasteiger partial charge in [-0.1, -0.05) is 353 Å². The summed E-state index contributed by atoms with van der Waals surface area (Å²) < 4.78 is 30.9. The molecule has 0 saturated carbocycles. The standard InChI is InChI=1S/C118H86O4Si4/c1-117(2)87-48-27-22-42-71(87)100-69-40-20-18-38-67(69)81(55-89(100)117)83-59-97-106(113-104(83)75-46-26-31-52-93(75)121-113)77-53-54-78-107-98(125(9,10)116(78)115(77)124(97,7)8)60-84(82-56-90-101(70-41-21-19-39-68(70)82)72-43-23-28-49-88(72)118(90,3)4)105-76-47-32-37-66(110(76)122-114(105)107)63-126(11)95-62-85-94(61-86(95)109-99(126)58-80(65-35-16-13-17-36-65)103-74-45-25-30-51-92(74)120-112(103)109)123(5,6)96-57-79(64-33-14-12-15-34-64)102-73-44-24-29-50-91(73)119-111(102)108(85)96/h12-62H,63H2,1-11H3. The summed E-state index contributed by atoms with van der Waals surface area (Å²) in [5.74, 6) is 0. The summed E-state index contributed by atoms with van der Waals surface area (Å²) in [6, 6.07) is 120. The maximum absolute atomic E-state index is 8.45. The highest BCUT2D eigenvalue weighted by Crippen LogP contribution is 2.59. The topological polar surface area (TPSA) is 52.6 Å². The van der Waals surface area contributed by atoms with E-state index in [1.54, 1.807) is 10.4 Å². The predicted octanol–water partition coefficient (Wildman–Crippen LogP) is 27.2. The minimum atomic E-state index is -3.10. The van der Waals surface area contributed by atoms with E-state index in [4.69, 9.17) is 17.7 Å². The van der Waals surface area contributed by atoms with E-state index in [2.05, 4.69) is 383 Å². The van der Waals surface area contributed by atoms with Crippen molar-refractivity contribution in [1.29, 1.82) is 0 Å². The van der Waals surface area contributed by atoms with E-state index >= 15 is 0 Å². The summed E-state index contributed by atoms with van der Waals surface area (Å²) in [5.41, 5.74) is 39.4. The van der Waals surface area contributed by atoms with Gasteiger partial charge in [-0.2, -0.15) is 0 Å². The molecule has 4 aliphatic heterocycles. The Bertz CT molecular complexity index is 8860. The van der Waals surface area contributed by atoms with Crippen molar-refractivity contribution in [3.63, 3.8) is 0 Å². The Morgan fingerprint density at radius 1 is 0.222 bits per heavy atom. The number of furan rings is 4. The fraction of sp³-hybridized carbons (Fsp3) is 0.119. The van der Waals surface area contributed by atoms with E-state index in [0.29, 0.717) is 0 Å². The molecule has 2 aliphatic carbocycles. The van der Waals surface area contributed by atoms with Crippen molar-refractivity contribution >= 4 is 183 Å². The number of para-hydroxylation sites is 4. The van der Waals surface area contributed by atoms with Crippen LogP contribution in [0.15, 0.2) is 327 Å². The zero-order chi connectivity index (χ0) is 84.2. The van der Waals surface area contributed by atoms with Crippen molar-refractivity contribution in [2.24, 2.45) is 0 Å². The second-order valence-corrected chi connectivity index (χ2v) is 57.0. The minimum absolute atomic E-state index is 0.211. The Morgan fingerprint density at radius 3 is 1.06 bits per heavy atom. The zero-order valence-corrected chi connectivity index (χ0v) is 76.3. The third kappa shape index (κ3) is 8.83. The first-order valence-corrected chi connectivity index (χ1v) is 56.7. The fourth-order valence-corrected chi connectivity index (χ4v) is 41.7. The van der Waals surface area contributed by atoms with Crippen molar-refractivity contribution in [1.82, 2.24) is 0 Å². The molecule has 18 aromatic carbocycles. The van der Waals surface area contributed by atoms with Crippen LogP contribution in [0.2, 0.25) is 45.8 Å². The van der Waals surface area contributed by atoms with Gasteiger partial charge in [-0.3, -0.25) is 0 Å². The maximum atomic E-state index is 8.45. The lowest BCUT2D eigenvalue weighted by molar-refractivity contribution is 0.661. The number of fused-ring (bicyclic) bond motifs is 39. The zero-order valence-electron chi connectivity index (χ0n) is 72.3. The van der Waals surface area contributed by atoms with Gasteiger partial charge in [-0.25, -0.2) is 0 Å². The highest BCUT2D eigenvalue weighted by atomic mass is 28.3. The summed E-state index contributed by atoms with van der Waals surface area (Å²) in [5, 5.41) is 26.1. The lowest BCUT2D eigenvalue weighted by atomic mass is 9.80. The van der Waals surface area contributed by atoms with Crippen LogP contribution in [-0.2, 0) is 16.9 Å². The van der Waals surface area contributed by atoms with Gasteiger partial charge in [0.25, 0.3) is 0 Å². The Hall–Kier alpha value is -13.5. The molecule has 22 aromatic rings. The highest BCUT2D eigenvalue weighted by Gasteiger charge is 2.53. The van der Waals surface area contributed by atoms with E-state index < -0.39 is 32.3 Å². The van der Waals surface area contributed by atoms with E-state index in [9.17, 15) is 0 Å². The first-order chi connectivity index (χ1) is 61.2. The van der Waals surface area contributed by atoms with Crippen LogP contribution in [0.5, 0.6) is 0 Å². The van der Waals surface area contributed by atoms with Gasteiger partial charge in [-0.15, -0.1) is 0 Å². The molecule has 0 saturated heterocycles. The fourth-order valence-electron chi connectivity index (χ4n) is 26.0. The second-order valence-electron chi connectivity index (χ2n) is 40.0. The van der Waals surface area contributed by atoms with Crippen LogP contribution in [0.4, 0.5) is 0 Å². The van der Waals surface area contributed by atoms with E-state index in [1.807, 2.05) is 0 Å². The Balaban J connectivity index is 0.701. The third-order valence-electron chi connectivity index (χ3n) is 31.8. The molecule has 0 bridgehead atoms. The van der Waals surface area contributed by atoms with Gasteiger partial charge < -0.3 is 17.7 Å². The van der Waals surface area contributed by atoms with Gasteiger partial charge >= 0.3 is 0 Å². The SMILES string of the molecule is CC1(C)c2ccccc2-c2c1cc(-c1cc3c(c4oc5ccccc5c14)-c1ccc4c(c1[Si]3(C)C)[Si](C)(C)c1cc(-c3cc5c(c6ccccc36)-c3ccccc3C5(C)C)c3c(oc5c(C[Si]6(C)c7cc8c(cc7-c7c6cc(-c6ccccc6)c6c7oc7ccccc76)[Si](C)(C)c6cc(-c7ccccc7)c7c(oc9ccccc97)c6-8)cccc53)c1-4)c1ccccc21. The van der Waals surface area contributed by atoms with E-state index in [0.717, 1.165) is 72.3 Å². The molecule has 4 aromatic heterocycles. The van der Waals surface area contributed by atoms with Crippen molar-refractivity contribution < 1.29 is 17.7 Å². The molecule has 8 heteroatoms. The molecule has 0 fully saturated rings. The summed E-state index contributed by atoms with van der Waals surface area (Å²) in [6.07, 6.45) is 0. The predicted molar refractivity (Wildman–Crippen MR) is 540 cm³/mol. The first kappa shape index (κ1) is 71.9. The van der Waals surface area contributed by atoms with Crippen LogP contribution in [0.1, 0.15) is 55.5 Å². The lowest BCUT2D eigenvalue weighted by Crippen LogP contribution is -2.63. The van der Waals surface area contributed by atoms with Crippen molar-refractivity contribution in [2.75, 3.05) is 0 Å². The summed E-state index contributed by atoms with van der Waals surface area (Å²) in [7, 11) is -11.1. The molecule has 1 unspecified atom stereocenters. The lowest BCUT2D eigenvalue weighted by Gasteiger charge is -2.28. The first-order valence-electron chi connectivity index (χ1n) is 45.0. The maximum Gasteiger partial charge on any atom is 0.143 e. The molecule has 1 atom stereocenters. The van der Waals surface area contributed by atoms with Crippen LogP contribution in [0.3, 0.4) is 0 Å². The van der Waals surface area contributed by atoms with E-state index in [-0.39, 0.29) is 10.8 Å². The summed E-state index contributed by atoms with van der Waals surface area (Å²) in [6.45, 7) is 28.3. The Morgan fingerprint density at radius 2 is 0.571 bits per heavy atom. The summed E-state index contributed by atoms with van der Waals surface area (Å²) >= 11 is 0. The molecular weight excluding hydrogens is 1590 g/mol. The number of rotatable bonds is 6. The molecule has 0 radical (unpaired) electrons. The molecule has 4 nitrogen and oxygen atoms in total. The average molecular weight is 1680 g/mol. The van der Waals surface area contributed by atoms with Gasteiger partial charge in [0, 0.05) is 76.2 Å². The number of benzene rings is 18. The van der Waals surface area contributed by atoms with Crippen LogP contribution in [0, 0.1) is 0 Å². The third-order valence-corrected chi connectivity index (χ3v) is 46.9. The van der Waals surface area contributed by atoms with Crippen LogP contribution in [0.25, 0.3) is 221 Å². The van der Waals surface area contributed by atoms with E-state index in [1.165, 1.54) is 213 Å². The molecule has 0 N–H and O–H groups in total. The van der Waals surface area contributed by atoms with Gasteiger partial charge in [0.2, 0.25) is 0 Å². The van der Waals surface area contributed by atoms with Crippen LogP contribution >= 0.6 is 0 Å². The second kappa shape index (κ2) is 24.2. The Labute approximate surface area is 734 Å². The quantitative estimate of drug-likeness (QED) is 0.156. The minimum Gasteiger partial charge on any atom is -0.455 e. The number of hydrogen-bond donors (Lipinski definition) is 0.